The Balaban J connectivity index is 2.04. The third-order valence-electron chi connectivity index (χ3n) is 3.28. The zero-order valence-electron chi connectivity index (χ0n) is 11.8. The minimum absolute atomic E-state index is 0.0928. The zero-order valence-corrected chi connectivity index (χ0v) is 11.8. The summed E-state index contributed by atoms with van der Waals surface area (Å²) in [6.07, 6.45) is 0. The molecule has 0 aromatic heterocycles. The summed E-state index contributed by atoms with van der Waals surface area (Å²) in [6.45, 7) is 3.14. The molecule has 0 bridgehead atoms. The molecule has 1 fully saturated rings. The Morgan fingerprint density at radius 2 is 2.19 bits per heavy atom. The molecule has 1 saturated heterocycles. The molecule has 21 heavy (non-hydrogen) atoms. The third kappa shape index (κ3) is 4.14. The van der Waals surface area contributed by atoms with Gasteiger partial charge in [-0.1, -0.05) is 0 Å². The van der Waals surface area contributed by atoms with Crippen LogP contribution in [0.5, 0.6) is 5.75 Å². The number of carbonyl (C=O) groups excluding carboxylic acids is 1. The van der Waals surface area contributed by atoms with Crippen molar-refractivity contribution in [2.45, 2.75) is 0 Å². The maximum atomic E-state index is 12.0. The van der Waals surface area contributed by atoms with E-state index in [2.05, 4.69) is 5.32 Å². The summed E-state index contributed by atoms with van der Waals surface area (Å²) < 4.78 is 10.3. The summed E-state index contributed by atoms with van der Waals surface area (Å²) in [5.41, 5.74) is 0.217. The van der Waals surface area contributed by atoms with Crippen LogP contribution in [0, 0.1) is 10.1 Å². The quantitative estimate of drug-likeness (QED) is 0.562. The smallest absolute Gasteiger partial charge is 0.279 e. The van der Waals surface area contributed by atoms with Gasteiger partial charge in [0.2, 0.25) is 0 Å². The minimum atomic E-state index is -0.512. The first-order chi connectivity index (χ1) is 10.1. The van der Waals surface area contributed by atoms with Gasteiger partial charge in [-0.05, 0) is 6.07 Å². The lowest BCUT2D eigenvalue weighted by Crippen LogP contribution is -3.15. The van der Waals surface area contributed by atoms with Gasteiger partial charge in [-0.2, -0.15) is 0 Å². The van der Waals surface area contributed by atoms with Gasteiger partial charge in [-0.25, -0.2) is 0 Å². The zero-order chi connectivity index (χ0) is 15.2. The molecular weight excluding hydrogens is 278 g/mol. The standard InChI is InChI=1S/C13H17N3O5/c1-20-12-3-2-10(16(18)19)8-11(12)14-13(17)9-15-4-6-21-7-5-15/h2-3,8H,4-7,9H2,1H3,(H,14,17)/p+1. The maximum Gasteiger partial charge on any atom is 0.279 e. The van der Waals surface area contributed by atoms with Crippen LogP contribution >= 0.6 is 0 Å². The van der Waals surface area contributed by atoms with Gasteiger partial charge < -0.3 is 19.7 Å². The second kappa shape index (κ2) is 7.00. The van der Waals surface area contributed by atoms with Crippen molar-refractivity contribution in [3.63, 3.8) is 0 Å². The van der Waals surface area contributed by atoms with Crippen molar-refractivity contribution in [2.75, 3.05) is 45.3 Å². The third-order valence-corrected chi connectivity index (χ3v) is 3.28. The second-order valence-corrected chi connectivity index (χ2v) is 4.73. The average Bonchev–Trinajstić information content (AvgIpc) is 2.48. The molecular formula is C13H18N3O5+. The summed E-state index contributed by atoms with van der Waals surface area (Å²) in [6, 6.07) is 4.10. The van der Waals surface area contributed by atoms with Crippen molar-refractivity contribution < 1.29 is 24.1 Å². The number of ether oxygens (including phenoxy) is 2. The Morgan fingerprint density at radius 1 is 1.48 bits per heavy atom. The number of methoxy groups -OCH3 is 1. The van der Waals surface area contributed by atoms with Crippen LogP contribution in [0.2, 0.25) is 0 Å². The number of nitrogens with zero attached hydrogens (tertiary/aromatic N) is 1. The van der Waals surface area contributed by atoms with E-state index in [1.54, 1.807) is 0 Å². The molecule has 2 rings (SSSR count). The molecule has 8 heteroatoms. The van der Waals surface area contributed by atoms with Crippen molar-refractivity contribution in [2.24, 2.45) is 0 Å². The number of nitro groups is 1. The van der Waals surface area contributed by atoms with Crippen LogP contribution in [-0.2, 0) is 9.53 Å². The Bertz CT molecular complexity index is 529. The predicted octanol–water partition coefficient (Wildman–Crippen LogP) is -0.543. The van der Waals surface area contributed by atoms with E-state index in [-0.39, 0.29) is 11.6 Å². The molecule has 1 heterocycles. The van der Waals surface area contributed by atoms with Crippen molar-refractivity contribution >= 4 is 17.3 Å². The van der Waals surface area contributed by atoms with Gasteiger partial charge in [0.1, 0.15) is 18.8 Å². The predicted molar refractivity (Wildman–Crippen MR) is 74.7 cm³/mol. The van der Waals surface area contributed by atoms with Crippen LogP contribution < -0.4 is 15.0 Å². The molecule has 1 aromatic rings. The van der Waals surface area contributed by atoms with E-state index in [9.17, 15) is 14.9 Å². The topological polar surface area (TPSA) is 95.1 Å². The Labute approximate surface area is 121 Å². The van der Waals surface area contributed by atoms with Crippen molar-refractivity contribution in [3.8, 4) is 5.75 Å². The van der Waals surface area contributed by atoms with Crippen LogP contribution in [-0.4, -0.2) is 50.8 Å². The van der Waals surface area contributed by atoms with Crippen molar-refractivity contribution in [3.05, 3.63) is 28.3 Å². The molecule has 8 nitrogen and oxygen atoms in total. The molecule has 0 atom stereocenters. The molecule has 114 valence electrons. The van der Waals surface area contributed by atoms with Gasteiger partial charge in [0, 0.05) is 12.1 Å². The fourth-order valence-electron chi connectivity index (χ4n) is 2.17. The number of carbonyl (C=O) groups is 1. The summed E-state index contributed by atoms with van der Waals surface area (Å²) in [5, 5.41) is 13.5. The van der Waals surface area contributed by atoms with E-state index in [1.807, 2.05) is 0 Å². The number of nitrogens with one attached hydrogen (secondary N) is 2. The number of nitro benzene ring substituents is 1. The number of benzene rings is 1. The van der Waals surface area contributed by atoms with E-state index in [4.69, 9.17) is 9.47 Å². The lowest BCUT2D eigenvalue weighted by molar-refractivity contribution is -0.899. The lowest BCUT2D eigenvalue weighted by atomic mass is 10.2. The summed E-state index contributed by atoms with van der Waals surface area (Å²) in [7, 11) is 1.45. The SMILES string of the molecule is COc1ccc([N+](=O)[O-])cc1NC(=O)C[NH+]1CCOCC1. The molecule has 1 aromatic carbocycles. The Hall–Kier alpha value is -2.19. The first kappa shape index (κ1) is 15.2. The number of anilines is 1. The number of morpholine rings is 1. The highest BCUT2D eigenvalue weighted by molar-refractivity contribution is 5.93. The molecule has 0 spiro atoms. The van der Waals surface area contributed by atoms with Crippen molar-refractivity contribution in [1.29, 1.82) is 0 Å². The second-order valence-electron chi connectivity index (χ2n) is 4.73. The van der Waals surface area contributed by atoms with Gasteiger partial charge in [-0.3, -0.25) is 14.9 Å². The summed E-state index contributed by atoms with van der Waals surface area (Å²) in [5.74, 6) is 0.191. The highest BCUT2D eigenvalue weighted by Gasteiger charge is 2.19. The average molecular weight is 296 g/mol. The van der Waals surface area contributed by atoms with Crippen LogP contribution in [0.3, 0.4) is 0 Å². The van der Waals surface area contributed by atoms with E-state index >= 15 is 0 Å². The van der Waals surface area contributed by atoms with E-state index in [1.165, 1.54) is 25.3 Å². The molecule has 1 aliphatic heterocycles. The minimum Gasteiger partial charge on any atom is -0.495 e. The van der Waals surface area contributed by atoms with E-state index in [0.29, 0.717) is 31.2 Å². The first-order valence-corrected chi connectivity index (χ1v) is 6.63. The fourth-order valence-corrected chi connectivity index (χ4v) is 2.17. The molecule has 0 aliphatic carbocycles. The Morgan fingerprint density at radius 3 is 2.81 bits per heavy atom. The maximum absolute atomic E-state index is 12.0. The number of quaternary nitrogens is 1. The largest absolute Gasteiger partial charge is 0.495 e. The number of rotatable bonds is 5. The molecule has 0 unspecified atom stereocenters. The first-order valence-electron chi connectivity index (χ1n) is 6.63. The monoisotopic (exact) mass is 296 g/mol. The normalized spacial score (nSPS) is 15.5. The number of amides is 1. The van der Waals surface area contributed by atoms with Crippen LogP contribution in [0.4, 0.5) is 11.4 Å². The van der Waals surface area contributed by atoms with Gasteiger partial charge in [0.25, 0.3) is 11.6 Å². The van der Waals surface area contributed by atoms with Crippen LogP contribution in [0.25, 0.3) is 0 Å². The van der Waals surface area contributed by atoms with Crippen LogP contribution in [0.15, 0.2) is 18.2 Å². The van der Waals surface area contributed by atoms with Gasteiger partial charge in [0.15, 0.2) is 6.54 Å². The number of hydrogen-bond donors (Lipinski definition) is 2. The van der Waals surface area contributed by atoms with Gasteiger partial charge >= 0.3 is 0 Å². The number of non-ortho nitro benzene ring substituents is 1. The van der Waals surface area contributed by atoms with Gasteiger partial charge in [-0.15, -0.1) is 0 Å². The van der Waals surface area contributed by atoms with E-state index < -0.39 is 4.92 Å². The van der Waals surface area contributed by atoms with Gasteiger partial charge in [0.05, 0.1) is 30.9 Å². The molecule has 0 saturated carbocycles. The fraction of sp³-hybridized carbons (Fsp3) is 0.462. The highest BCUT2D eigenvalue weighted by Crippen LogP contribution is 2.28. The summed E-state index contributed by atoms with van der Waals surface area (Å²) >= 11 is 0. The van der Waals surface area contributed by atoms with Crippen LogP contribution in [0.1, 0.15) is 0 Å². The van der Waals surface area contributed by atoms with E-state index in [0.717, 1.165) is 18.0 Å². The lowest BCUT2D eigenvalue weighted by Gasteiger charge is -2.23. The summed E-state index contributed by atoms with van der Waals surface area (Å²) in [4.78, 5) is 23.4. The molecule has 0 radical (unpaired) electrons. The molecule has 1 amide bonds. The molecule has 1 aliphatic rings. The molecule has 2 N–H and O–H groups in total. The number of hydrogen-bond acceptors (Lipinski definition) is 5. The Kier molecular flexibility index (Phi) is 5.07. The highest BCUT2D eigenvalue weighted by atomic mass is 16.6. The van der Waals surface area contributed by atoms with Crippen molar-refractivity contribution in [1.82, 2.24) is 0 Å².